The molecule has 0 atom stereocenters. The van der Waals surface area contributed by atoms with Crippen LogP contribution in [0, 0.1) is 10.1 Å². The Morgan fingerprint density at radius 2 is 1.76 bits per heavy atom. The third-order valence-electron chi connectivity index (χ3n) is 5.51. The molecule has 2 aromatic carbocycles. The normalized spacial score (nSPS) is 13.7. The molecule has 1 aromatic heterocycles. The van der Waals surface area contributed by atoms with E-state index in [-0.39, 0.29) is 17.3 Å². The van der Waals surface area contributed by atoms with Crippen LogP contribution in [0.5, 0.6) is 0 Å². The zero-order valence-corrected chi connectivity index (χ0v) is 19.9. The van der Waals surface area contributed by atoms with Gasteiger partial charge in [-0.05, 0) is 36.4 Å². The number of nitrogens with zero attached hydrogens (tertiary/aromatic N) is 6. The van der Waals surface area contributed by atoms with Crippen LogP contribution in [0.1, 0.15) is 0 Å². The Morgan fingerprint density at radius 1 is 1.09 bits per heavy atom. The zero-order valence-electron chi connectivity index (χ0n) is 18.3. The average Bonchev–Trinajstić information content (AvgIpc) is 3.26. The number of piperazine rings is 1. The van der Waals surface area contributed by atoms with Gasteiger partial charge in [0, 0.05) is 61.1 Å². The molecule has 0 spiro atoms. The van der Waals surface area contributed by atoms with Gasteiger partial charge in [-0.25, -0.2) is 0 Å². The summed E-state index contributed by atoms with van der Waals surface area (Å²) in [5, 5.41) is 20.7. The Morgan fingerprint density at radius 3 is 2.38 bits per heavy atom. The fourth-order valence-electron chi connectivity index (χ4n) is 3.72. The molecule has 0 unspecified atom stereocenters. The van der Waals surface area contributed by atoms with Crippen molar-refractivity contribution in [1.29, 1.82) is 0 Å². The van der Waals surface area contributed by atoms with E-state index in [0.29, 0.717) is 48.7 Å². The van der Waals surface area contributed by atoms with Crippen molar-refractivity contribution >= 4 is 40.6 Å². The maximum absolute atomic E-state index is 12.8. The van der Waals surface area contributed by atoms with Gasteiger partial charge in [-0.1, -0.05) is 29.4 Å². The van der Waals surface area contributed by atoms with Crippen LogP contribution in [0.4, 0.5) is 11.4 Å². The lowest BCUT2D eigenvalue weighted by Crippen LogP contribution is -2.49. The number of carbonyl (C=O) groups is 1. The lowest BCUT2D eigenvalue weighted by atomic mass is 10.2. The number of nitro groups is 1. The second-order valence-corrected chi connectivity index (χ2v) is 9.02. The van der Waals surface area contributed by atoms with Gasteiger partial charge in [-0.3, -0.25) is 19.5 Å². The first-order chi connectivity index (χ1) is 16.5. The van der Waals surface area contributed by atoms with Gasteiger partial charge in [0.2, 0.25) is 5.91 Å². The summed E-state index contributed by atoms with van der Waals surface area (Å²) < 4.78 is 1.93. The summed E-state index contributed by atoms with van der Waals surface area (Å²) in [5.74, 6) is 0.991. The zero-order chi connectivity index (χ0) is 24.1. The molecule has 9 nitrogen and oxygen atoms in total. The molecule has 4 rings (SSSR count). The van der Waals surface area contributed by atoms with Crippen LogP contribution in [0.2, 0.25) is 5.02 Å². The number of halogens is 1. The number of carbonyl (C=O) groups excluding carboxylic acids is 1. The molecule has 3 aromatic rings. The molecule has 1 amide bonds. The first-order valence-electron chi connectivity index (χ1n) is 10.7. The maximum Gasteiger partial charge on any atom is 0.269 e. The molecule has 1 aliphatic heterocycles. The van der Waals surface area contributed by atoms with Crippen LogP contribution in [0.15, 0.2) is 66.3 Å². The minimum atomic E-state index is -0.410. The molecule has 34 heavy (non-hydrogen) atoms. The minimum absolute atomic E-state index is 0.0366. The van der Waals surface area contributed by atoms with Crippen LogP contribution in [-0.2, 0) is 11.3 Å². The number of rotatable bonds is 8. The molecular weight excluding hydrogens is 476 g/mol. The summed E-state index contributed by atoms with van der Waals surface area (Å²) in [5.41, 5.74) is 1.87. The molecular formula is C23H23ClN6O3S. The molecule has 1 saturated heterocycles. The van der Waals surface area contributed by atoms with E-state index in [9.17, 15) is 14.9 Å². The topological polar surface area (TPSA) is 97.4 Å². The van der Waals surface area contributed by atoms with Crippen molar-refractivity contribution in [2.24, 2.45) is 0 Å². The van der Waals surface area contributed by atoms with Crippen LogP contribution in [0.3, 0.4) is 0 Å². The number of nitro benzene ring substituents is 1. The number of benzene rings is 2. The number of aromatic nitrogens is 3. The minimum Gasteiger partial charge on any atom is -0.368 e. The Labute approximate surface area is 206 Å². The number of hydrogen-bond donors (Lipinski definition) is 0. The summed E-state index contributed by atoms with van der Waals surface area (Å²) in [6.45, 7) is 6.86. The highest BCUT2D eigenvalue weighted by atomic mass is 35.5. The van der Waals surface area contributed by atoms with Gasteiger partial charge in [-0.15, -0.1) is 16.8 Å². The molecule has 0 saturated carbocycles. The molecule has 1 fully saturated rings. The van der Waals surface area contributed by atoms with Gasteiger partial charge in [0.1, 0.15) is 0 Å². The van der Waals surface area contributed by atoms with Gasteiger partial charge in [0.25, 0.3) is 5.69 Å². The van der Waals surface area contributed by atoms with Crippen LogP contribution in [-0.4, -0.2) is 62.4 Å². The molecule has 0 bridgehead atoms. The Bertz CT molecular complexity index is 1170. The molecule has 176 valence electrons. The third kappa shape index (κ3) is 5.40. The van der Waals surface area contributed by atoms with E-state index in [1.54, 1.807) is 30.3 Å². The molecule has 0 N–H and O–H groups in total. The highest BCUT2D eigenvalue weighted by molar-refractivity contribution is 7.99. The van der Waals surface area contributed by atoms with Crippen molar-refractivity contribution in [2.45, 2.75) is 11.7 Å². The SMILES string of the molecule is C=CCn1c(SCC(=O)N2CCN(c3ccc([N+](=O)[O-])cc3)CC2)nnc1-c1ccc(Cl)cc1. The van der Waals surface area contributed by atoms with Gasteiger partial charge < -0.3 is 9.80 Å². The second kappa shape index (κ2) is 10.7. The number of allylic oxidation sites excluding steroid dienone is 1. The summed E-state index contributed by atoms with van der Waals surface area (Å²) in [7, 11) is 0. The van der Waals surface area contributed by atoms with E-state index in [1.165, 1.54) is 23.9 Å². The van der Waals surface area contributed by atoms with Crippen molar-refractivity contribution in [3.8, 4) is 11.4 Å². The largest absolute Gasteiger partial charge is 0.368 e. The standard InChI is InChI=1S/C23H23ClN6O3S/c1-2-11-29-22(17-3-5-18(24)6-4-17)25-26-23(29)34-16-21(31)28-14-12-27(13-15-28)19-7-9-20(10-8-19)30(32)33/h2-10H,1,11-16H2. The third-order valence-corrected chi connectivity index (χ3v) is 6.72. The van der Waals surface area contributed by atoms with E-state index >= 15 is 0 Å². The molecule has 11 heteroatoms. The van der Waals surface area contributed by atoms with Crippen LogP contribution < -0.4 is 4.90 Å². The smallest absolute Gasteiger partial charge is 0.269 e. The van der Waals surface area contributed by atoms with Crippen molar-refractivity contribution < 1.29 is 9.72 Å². The lowest BCUT2D eigenvalue weighted by molar-refractivity contribution is -0.384. The van der Waals surface area contributed by atoms with Gasteiger partial charge >= 0.3 is 0 Å². The second-order valence-electron chi connectivity index (χ2n) is 7.64. The highest BCUT2D eigenvalue weighted by Crippen LogP contribution is 2.26. The van der Waals surface area contributed by atoms with E-state index in [1.807, 2.05) is 21.6 Å². The van der Waals surface area contributed by atoms with Gasteiger partial charge in [0.15, 0.2) is 11.0 Å². The predicted molar refractivity (Wildman–Crippen MR) is 133 cm³/mol. The van der Waals surface area contributed by atoms with E-state index < -0.39 is 4.92 Å². The monoisotopic (exact) mass is 498 g/mol. The van der Waals surface area contributed by atoms with Crippen molar-refractivity contribution in [1.82, 2.24) is 19.7 Å². The van der Waals surface area contributed by atoms with Gasteiger partial charge in [0.05, 0.1) is 10.7 Å². The maximum atomic E-state index is 12.8. The summed E-state index contributed by atoms with van der Waals surface area (Å²) in [6.07, 6.45) is 1.77. The number of non-ortho nitro benzene ring substituents is 1. The van der Waals surface area contributed by atoms with E-state index in [4.69, 9.17) is 11.6 Å². The Kier molecular flexibility index (Phi) is 7.49. The fraction of sp³-hybridized carbons (Fsp3) is 0.261. The van der Waals surface area contributed by atoms with Gasteiger partial charge in [-0.2, -0.15) is 0 Å². The first kappa shape index (κ1) is 23.8. The Balaban J connectivity index is 1.35. The molecule has 2 heterocycles. The van der Waals surface area contributed by atoms with E-state index in [0.717, 1.165) is 11.3 Å². The quantitative estimate of drug-likeness (QED) is 0.199. The Hall–Kier alpha value is -3.37. The predicted octanol–water partition coefficient (Wildman–Crippen LogP) is 4.13. The number of anilines is 1. The van der Waals surface area contributed by atoms with Crippen LogP contribution >= 0.6 is 23.4 Å². The fourth-order valence-corrected chi connectivity index (χ4v) is 4.70. The van der Waals surface area contributed by atoms with Crippen LogP contribution in [0.25, 0.3) is 11.4 Å². The lowest BCUT2D eigenvalue weighted by Gasteiger charge is -2.36. The van der Waals surface area contributed by atoms with Crippen molar-refractivity contribution in [3.63, 3.8) is 0 Å². The average molecular weight is 499 g/mol. The summed E-state index contributed by atoms with van der Waals surface area (Å²) >= 11 is 7.35. The van der Waals surface area contributed by atoms with Crippen molar-refractivity contribution in [2.75, 3.05) is 36.8 Å². The first-order valence-corrected chi connectivity index (χ1v) is 12.0. The molecule has 0 aliphatic carbocycles. The highest BCUT2D eigenvalue weighted by Gasteiger charge is 2.23. The summed E-state index contributed by atoms with van der Waals surface area (Å²) in [6, 6.07) is 13.9. The number of hydrogen-bond acceptors (Lipinski definition) is 7. The summed E-state index contributed by atoms with van der Waals surface area (Å²) in [4.78, 5) is 27.2. The number of amides is 1. The van der Waals surface area contributed by atoms with E-state index in [2.05, 4.69) is 21.7 Å². The number of thioether (sulfide) groups is 1. The molecule has 1 aliphatic rings. The molecule has 0 radical (unpaired) electrons. The van der Waals surface area contributed by atoms with Crippen molar-refractivity contribution in [3.05, 3.63) is 76.3 Å².